The van der Waals surface area contributed by atoms with Gasteiger partial charge in [0.25, 0.3) is 0 Å². The maximum absolute atomic E-state index is 5.96. The van der Waals surface area contributed by atoms with E-state index in [0.717, 1.165) is 19.4 Å². The normalized spacial score (nSPS) is 23.7. The van der Waals surface area contributed by atoms with E-state index in [1.165, 1.54) is 13.3 Å². The molecule has 1 aliphatic rings. The van der Waals surface area contributed by atoms with Crippen LogP contribution in [0.15, 0.2) is 6.20 Å². The Morgan fingerprint density at radius 3 is 2.94 bits per heavy atom. The number of aromatic nitrogens is 2. The van der Waals surface area contributed by atoms with Crippen LogP contribution in [-0.2, 0) is 0 Å². The van der Waals surface area contributed by atoms with Gasteiger partial charge >= 0.3 is 6.01 Å². The van der Waals surface area contributed by atoms with E-state index >= 15 is 0 Å². The number of ether oxygens (including phenoxy) is 1. The molecule has 0 aliphatic heterocycles. The van der Waals surface area contributed by atoms with E-state index in [1.54, 1.807) is 0 Å². The van der Waals surface area contributed by atoms with Crippen LogP contribution in [-0.4, -0.2) is 29.0 Å². The van der Waals surface area contributed by atoms with Crippen LogP contribution in [0.5, 0.6) is 6.01 Å². The summed E-state index contributed by atoms with van der Waals surface area (Å²) in [7, 11) is 1.52. The highest BCUT2D eigenvalue weighted by atomic mass is 35.5. The molecular weight excluding hydrogens is 249 g/mol. The fourth-order valence-electron chi connectivity index (χ4n) is 1.64. The highest BCUT2D eigenvalue weighted by Crippen LogP contribution is 2.32. The minimum Gasteiger partial charge on any atom is -0.467 e. The number of hydrogen-bond acceptors (Lipinski definition) is 4. The Morgan fingerprint density at radius 2 is 2.31 bits per heavy atom. The van der Waals surface area contributed by atoms with E-state index < -0.39 is 0 Å². The Balaban J connectivity index is 1.92. The summed E-state index contributed by atoms with van der Waals surface area (Å²) < 4.78 is 4.93. The summed E-state index contributed by atoms with van der Waals surface area (Å²) in [6.45, 7) is 0.836. The zero-order chi connectivity index (χ0) is 11.5. The minimum atomic E-state index is 0.315. The largest absolute Gasteiger partial charge is 0.467 e. The van der Waals surface area contributed by atoms with Crippen molar-refractivity contribution < 1.29 is 4.74 Å². The Labute approximate surface area is 104 Å². The van der Waals surface area contributed by atoms with Gasteiger partial charge in [-0.1, -0.05) is 11.6 Å². The number of anilines is 1. The van der Waals surface area contributed by atoms with Gasteiger partial charge in [-0.05, 0) is 18.8 Å². The molecule has 1 aromatic heterocycles. The lowest BCUT2D eigenvalue weighted by molar-refractivity contribution is 0.340. The predicted octanol–water partition coefficient (Wildman–Crippen LogP) is 2.57. The van der Waals surface area contributed by atoms with Gasteiger partial charge in [0.15, 0.2) is 5.82 Å². The number of alkyl halides is 1. The van der Waals surface area contributed by atoms with Crippen molar-refractivity contribution in [2.75, 3.05) is 19.0 Å². The summed E-state index contributed by atoms with van der Waals surface area (Å²) in [5, 5.41) is 4.03. The zero-order valence-corrected chi connectivity index (χ0v) is 10.4. The molecule has 4 nitrogen and oxygen atoms in total. The van der Waals surface area contributed by atoms with Gasteiger partial charge in [-0.2, -0.15) is 4.98 Å². The second kappa shape index (κ2) is 5.06. The quantitative estimate of drug-likeness (QED) is 0.847. The SMILES string of the molecule is COc1ncc(Cl)c(NCC2CC(Cl)C2)n1. The lowest BCUT2D eigenvalue weighted by Gasteiger charge is -2.31. The summed E-state index contributed by atoms with van der Waals surface area (Å²) in [4.78, 5) is 8.04. The van der Waals surface area contributed by atoms with Gasteiger partial charge in [0, 0.05) is 11.9 Å². The van der Waals surface area contributed by atoms with Crippen LogP contribution in [0.2, 0.25) is 5.02 Å². The van der Waals surface area contributed by atoms with Gasteiger partial charge < -0.3 is 10.1 Å². The number of halogens is 2. The van der Waals surface area contributed by atoms with Crippen molar-refractivity contribution in [2.45, 2.75) is 18.2 Å². The monoisotopic (exact) mass is 261 g/mol. The van der Waals surface area contributed by atoms with E-state index in [4.69, 9.17) is 27.9 Å². The first-order chi connectivity index (χ1) is 7.69. The first-order valence-corrected chi connectivity index (χ1v) is 5.95. The van der Waals surface area contributed by atoms with Crippen LogP contribution in [0.4, 0.5) is 5.82 Å². The number of methoxy groups -OCH3 is 1. The molecule has 16 heavy (non-hydrogen) atoms. The molecule has 1 fully saturated rings. The maximum atomic E-state index is 5.96. The van der Waals surface area contributed by atoms with Gasteiger partial charge in [0.1, 0.15) is 5.02 Å². The van der Waals surface area contributed by atoms with Gasteiger partial charge in [-0.3, -0.25) is 0 Å². The molecule has 0 spiro atoms. The Morgan fingerprint density at radius 1 is 1.56 bits per heavy atom. The van der Waals surface area contributed by atoms with Crippen molar-refractivity contribution in [3.8, 4) is 6.01 Å². The number of hydrogen-bond donors (Lipinski definition) is 1. The molecule has 0 amide bonds. The van der Waals surface area contributed by atoms with E-state index in [2.05, 4.69) is 15.3 Å². The smallest absolute Gasteiger partial charge is 0.318 e. The molecule has 1 aliphatic carbocycles. The van der Waals surface area contributed by atoms with Gasteiger partial charge in [0.05, 0.1) is 13.3 Å². The third-order valence-corrected chi connectivity index (χ3v) is 3.27. The molecule has 0 aromatic carbocycles. The van der Waals surface area contributed by atoms with Crippen LogP contribution < -0.4 is 10.1 Å². The predicted molar refractivity (Wildman–Crippen MR) is 64.4 cm³/mol. The van der Waals surface area contributed by atoms with E-state index in [1.807, 2.05) is 0 Å². The summed E-state index contributed by atoms with van der Waals surface area (Å²) in [5.41, 5.74) is 0. The highest BCUT2D eigenvalue weighted by Gasteiger charge is 2.27. The molecule has 2 rings (SSSR count). The van der Waals surface area contributed by atoms with Crippen molar-refractivity contribution in [1.29, 1.82) is 0 Å². The molecule has 0 radical (unpaired) electrons. The Kier molecular flexibility index (Phi) is 3.71. The fourth-order valence-corrected chi connectivity index (χ4v) is 2.30. The molecular formula is C10H13Cl2N3O. The van der Waals surface area contributed by atoms with Gasteiger partial charge in [-0.15, -0.1) is 11.6 Å². The van der Waals surface area contributed by atoms with E-state index in [-0.39, 0.29) is 0 Å². The summed E-state index contributed by atoms with van der Waals surface area (Å²) in [6.07, 6.45) is 3.63. The molecule has 6 heteroatoms. The van der Waals surface area contributed by atoms with Crippen molar-refractivity contribution in [3.05, 3.63) is 11.2 Å². The van der Waals surface area contributed by atoms with Crippen LogP contribution in [0.3, 0.4) is 0 Å². The molecule has 0 saturated heterocycles. The average Bonchev–Trinajstić information content (AvgIpc) is 2.25. The molecule has 0 unspecified atom stereocenters. The van der Waals surface area contributed by atoms with Gasteiger partial charge in [-0.25, -0.2) is 4.98 Å². The first kappa shape index (κ1) is 11.7. The lowest BCUT2D eigenvalue weighted by Crippen LogP contribution is -2.30. The summed E-state index contributed by atoms with van der Waals surface area (Å²) in [5.74, 6) is 1.23. The topological polar surface area (TPSA) is 47.0 Å². The van der Waals surface area contributed by atoms with Crippen molar-refractivity contribution in [3.63, 3.8) is 0 Å². The third-order valence-electron chi connectivity index (χ3n) is 2.64. The van der Waals surface area contributed by atoms with E-state index in [0.29, 0.717) is 28.1 Å². The second-order valence-corrected chi connectivity index (χ2v) is 4.89. The van der Waals surface area contributed by atoms with Crippen LogP contribution in [0, 0.1) is 5.92 Å². The average molecular weight is 262 g/mol. The molecule has 88 valence electrons. The van der Waals surface area contributed by atoms with Crippen molar-refractivity contribution >= 4 is 29.0 Å². The molecule has 1 aromatic rings. The van der Waals surface area contributed by atoms with Crippen LogP contribution >= 0.6 is 23.2 Å². The second-order valence-electron chi connectivity index (χ2n) is 3.87. The minimum absolute atomic E-state index is 0.315. The maximum Gasteiger partial charge on any atom is 0.318 e. The Hall–Kier alpha value is -0.740. The summed E-state index contributed by atoms with van der Waals surface area (Å²) in [6, 6.07) is 0.315. The standard InChI is InChI=1S/C10H13Cl2N3O/c1-16-10-14-5-8(12)9(15-10)13-4-6-2-7(11)3-6/h5-7H,2-4H2,1H3,(H,13,14,15). The molecule has 1 heterocycles. The Bertz CT molecular complexity index is 369. The fraction of sp³-hybridized carbons (Fsp3) is 0.600. The van der Waals surface area contributed by atoms with Crippen LogP contribution in [0.25, 0.3) is 0 Å². The first-order valence-electron chi connectivity index (χ1n) is 5.13. The number of nitrogens with zero attached hydrogens (tertiary/aromatic N) is 2. The highest BCUT2D eigenvalue weighted by molar-refractivity contribution is 6.32. The number of nitrogens with one attached hydrogen (secondary N) is 1. The number of rotatable bonds is 4. The van der Waals surface area contributed by atoms with Crippen molar-refractivity contribution in [2.24, 2.45) is 5.92 Å². The lowest BCUT2D eigenvalue weighted by atomic mass is 9.85. The molecule has 1 N–H and O–H groups in total. The molecule has 0 bridgehead atoms. The molecule has 1 saturated carbocycles. The zero-order valence-electron chi connectivity index (χ0n) is 8.91. The van der Waals surface area contributed by atoms with Crippen LogP contribution in [0.1, 0.15) is 12.8 Å². The summed E-state index contributed by atoms with van der Waals surface area (Å²) >= 11 is 11.9. The molecule has 0 atom stereocenters. The van der Waals surface area contributed by atoms with Gasteiger partial charge in [0.2, 0.25) is 0 Å². The van der Waals surface area contributed by atoms with E-state index in [9.17, 15) is 0 Å². The third kappa shape index (κ3) is 2.68. The van der Waals surface area contributed by atoms with Crippen molar-refractivity contribution in [1.82, 2.24) is 9.97 Å².